The number of para-hydroxylation sites is 2. The number of hydrogen-bond donors (Lipinski definition) is 0. The van der Waals surface area contributed by atoms with Crippen molar-refractivity contribution < 1.29 is 9.53 Å². The highest BCUT2D eigenvalue weighted by Crippen LogP contribution is 2.33. The fourth-order valence-corrected chi connectivity index (χ4v) is 3.64. The Labute approximate surface area is 140 Å². The molecular formula is C17H21N3O2S. The molecule has 2 heterocycles. The first-order valence-corrected chi connectivity index (χ1v) is 8.64. The van der Waals surface area contributed by atoms with Crippen molar-refractivity contribution >= 4 is 22.9 Å². The molecule has 0 saturated carbocycles. The molecule has 6 heteroatoms. The molecule has 0 spiro atoms. The van der Waals surface area contributed by atoms with Crippen molar-refractivity contribution in [2.75, 3.05) is 31.6 Å². The molecule has 23 heavy (non-hydrogen) atoms. The summed E-state index contributed by atoms with van der Waals surface area (Å²) in [7, 11) is 1.82. The third kappa shape index (κ3) is 3.17. The summed E-state index contributed by atoms with van der Waals surface area (Å²) in [5, 5.41) is 0. The molecule has 0 fully saturated rings. The number of anilines is 1. The predicted molar refractivity (Wildman–Crippen MR) is 92.6 cm³/mol. The highest BCUT2D eigenvalue weighted by molar-refractivity contribution is 7.11. The van der Waals surface area contributed by atoms with E-state index in [1.807, 2.05) is 32.2 Å². The minimum atomic E-state index is -0.0352. The van der Waals surface area contributed by atoms with Gasteiger partial charge >= 0.3 is 0 Å². The summed E-state index contributed by atoms with van der Waals surface area (Å²) in [4.78, 5) is 21.4. The average molecular weight is 331 g/mol. The summed E-state index contributed by atoms with van der Waals surface area (Å²) in [6.45, 7) is 6.26. The maximum atomic E-state index is 12.5. The number of thiazole rings is 1. The maximum absolute atomic E-state index is 12.5. The van der Waals surface area contributed by atoms with Gasteiger partial charge in [-0.3, -0.25) is 4.79 Å². The van der Waals surface area contributed by atoms with E-state index in [1.54, 1.807) is 10.4 Å². The van der Waals surface area contributed by atoms with E-state index in [-0.39, 0.29) is 12.0 Å². The highest BCUT2D eigenvalue weighted by Gasteiger charge is 2.27. The molecule has 3 rings (SSSR count). The molecule has 0 N–H and O–H groups in total. The molecular weight excluding hydrogens is 310 g/mol. The Bertz CT molecular complexity index is 701. The van der Waals surface area contributed by atoms with Crippen LogP contribution in [0.3, 0.4) is 0 Å². The monoisotopic (exact) mass is 331 g/mol. The summed E-state index contributed by atoms with van der Waals surface area (Å²) in [6.07, 6.45) is -0.0352. The molecule has 122 valence electrons. The molecule has 0 aliphatic carbocycles. The topological polar surface area (TPSA) is 45.7 Å². The lowest BCUT2D eigenvalue weighted by Crippen LogP contribution is -2.46. The molecule has 0 radical (unpaired) electrons. The van der Waals surface area contributed by atoms with Gasteiger partial charge in [-0.05, 0) is 26.0 Å². The lowest BCUT2D eigenvalue weighted by atomic mass is 10.2. The number of fused-ring (bicyclic) bond motifs is 1. The van der Waals surface area contributed by atoms with E-state index in [0.717, 1.165) is 30.2 Å². The van der Waals surface area contributed by atoms with Crippen LogP contribution in [0.4, 0.5) is 5.69 Å². The van der Waals surface area contributed by atoms with Crippen LogP contribution < -0.4 is 9.64 Å². The number of benzene rings is 1. The fourth-order valence-electron chi connectivity index (χ4n) is 2.84. The Hall–Kier alpha value is -2.08. The van der Waals surface area contributed by atoms with E-state index in [4.69, 9.17) is 4.74 Å². The number of rotatable bonds is 4. The van der Waals surface area contributed by atoms with E-state index in [2.05, 4.69) is 22.9 Å². The first-order chi connectivity index (χ1) is 11.1. The molecule has 0 saturated heterocycles. The van der Waals surface area contributed by atoms with E-state index in [0.29, 0.717) is 11.4 Å². The Morgan fingerprint density at radius 2 is 2.26 bits per heavy atom. The van der Waals surface area contributed by atoms with Crippen molar-refractivity contribution in [1.82, 2.24) is 9.88 Å². The van der Waals surface area contributed by atoms with Crippen LogP contribution in [0.1, 0.15) is 22.3 Å². The van der Waals surface area contributed by atoms with E-state index in [9.17, 15) is 4.79 Å². The quantitative estimate of drug-likeness (QED) is 0.864. The first-order valence-electron chi connectivity index (χ1n) is 7.76. The van der Waals surface area contributed by atoms with Gasteiger partial charge in [-0.2, -0.15) is 0 Å². The zero-order valence-electron chi connectivity index (χ0n) is 13.7. The van der Waals surface area contributed by atoms with Crippen molar-refractivity contribution in [3.63, 3.8) is 0 Å². The standard InChI is InChI=1S/C17H21N3O2S/c1-4-20-10-13(22-15-8-6-5-7-14(15)20)9-19(3)17(21)16-12(2)18-11-23-16/h5-8,11,13H,4,9-10H2,1-3H3/t13-/m0/s1. The fraction of sp³-hybridized carbons (Fsp3) is 0.412. The number of aryl methyl sites for hydroxylation is 1. The molecule has 0 unspecified atom stereocenters. The number of hydrogen-bond acceptors (Lipinski definition) is 5. The molecule has 1 aromatic heterocycles. The second-order valence-corrected chi connectivity index (χ2v) is 6.55. The number of carbonyl (C=O) groups excluding carboxylic acids is 1. The second-order valence-electron chi connectivity index (χ2n) is 5.70. The molecule has 2 aromatic rings. The maximum Gasteiger partial charge on any atom is 0.265 e. The van der Waals surface area contributed by atoms with Crippen LogP contribution in [0.5, 0.6) is 5.75 Å². The summed E-state index contributed by atoms with van der Waals surface area (Å²) in [5.74, 6) is 0.899. The number of amides is 1. The molecule has 1 amide bonds. The SMILES string of the molecule is CCN1C[C@H](CN(C)C(=O)c2scnc2C)Oc2ccccc21. The zero-order valence-corrected chi connectivity index (χ0v) is 14.5. The van der Waals surface area contributed by atoms with Gasteiger partial charge in [-0.25, -0.2) is 4.98 Å². The summed E-state index contributed by atoms with van der Waals surface area (Å²) >= 11 is 1.39. The van der Waals surface area contributed by atoms with Crippen molar-refractivity contribution in [3.05, 3.63) is 40.3 Å². The molecule has 0 bridgehead atoms. The molecule has 1 aliphatic rings. The van der Waals surface area contributed by atoms with Crippen LogP contribution in [0.2, 0.25) is 0 Å². The minimum absolute atomic E-state index is 0.00973. The van der Waals surface area contributed by atoms with Crippen LogP contribution in [-0.2, 0) is 0 Å². The number of likely N-dealkylation sites (N-methyl/N-ethyl adjacent to an activating group) is 2. The van der Waals surface area contributed by atoms with E-state index >= 15 is 0 Å². The van der Waals surface area contributed by atoms with Crippen molar-refractivity contribution in [2.24, 2.45) is 0 Å². The third-order valence-electron chi connectivity index (χ3n) is 4.07. The summed E-state index contributed by atoms with van der Waals surface area (Å²) < 4.78 is 6.08. The molecule has 5 nitrogen and oxygen atoms in total. The minimum Gasteiger partial charge on any atom is -0.485 e. The van der Waals surface area contributed by atoms with E-state index in [1.165, 1.54) is 11.3 Å². The van der Waals surface area contributed by atoms with Crippen molar-refractivity contribution in [1.29, 1.82) is 0 Å². The van der Waals surface area contributed by atoms with Gasteiger partial charge in [-0.1, -0.05) is 12.1 Å². The smallest absolute Gasteiger partial charge is 0.265 e. The lowest BCUT2D eigenvalue weighted by Gasteiger charge is -2.37. The molecule has 1 aliphatic heterocycles. The normalized spacial score (nSPS) is 16.7. The lowest BCUT2D eigenvalue weighted by molar-refractivity contribution is 0.0713. The number of nitrogens with zero attached hydrogens (tertiary/aromatic N) is 3. The Morgan fingerprint density at radius 1 is 1.48 bits per heavy atom. The van der Waals surface area contributed by atoms with Gasteiger partial charge in [0.2, 0.25) is 0 Å². The molecule has 1 aromatic carbocycles. The summed E-state index contributed by atoms with van der Waals surface area (Å²) in [5.41, 5.74) is 3.62. The Morgan fingerprint density at radius 3 is 2.96 bits per heavy atom. The summed E-state index contributed by atoms with van der Waals surface area (Å²) in [6, 6.07) is 8.06. The van der Waals surface area contributed by atoms with Gasteiger partial charge < -0.3 is 14.5 Å². The molecule has 1 atom stereocenters. The largest absolute Gasteiger partial charge is 0.485 e. The van der Waals surface area contributed by atoms with Crippen molar-refractivity contribution in [2.45, 2.75) is 20.0 Å². The first kappa shape index (κ1) is 15.8. The highest BCUT2D eigenvalue weighted by atomic mass is 32.1. The van der Waals surface area contributed by atoms with Crippen LogP contribution in [0, 0.1) is 6.92 Å². The number of aromatic nitrogens is 1. The second kappa shape index (κ2) is 6.58. The van der Waals surface area contributed by atoms with Gasteiger partial charge in [-0.15, -0.1) is 11.3 Å². The van der Waals surface area contributed by atoms with Crippen LogP contribution in [-0.4, -0.2) is 48.6 Å². The van der Waals surface area contributed by atoms with Crippen molar-refractivity contribution in [3.8, 4) is 5.75 Å². The average Bonchev–Trinajstić information content (AvgIpc) is 2.99. The van der Waals surface area contributed by atoms with Gasteiger partial charge in [0.05, 0.1) is 30.0 Å². The predicted octanol–water partition coefficient (Wildman–Crippen LogP) is 2.81. The number of ether oxygens (including phenoxy) is 1. The Balaban J connectivity index is 1.71. The number of carbonyl (C=O) groups is 1. The van der Waals surface area contributed by atoms with Gasteiger partial charge in [0.25, 0.3) is 5.91 Å². The van der Waals surface area contributed by atoms with Crippen LogP contribution in [0.25, 0.3) is 0 Å². The third-order valence-corrected chi connectivity index (χ3v) is 4.99. The van der Waals surface area contributed by atoms with Crippen LogP contribution >= 0.6 is 11.3 Å². The zero-order chi connectivity index (χ0) is 16.4. The van der Waals surface area contributed by atoms with E-state index < -0.39 is 0 Å². The van der Waals surface area contributed by atoms with Crippen LogP contribution in [0.15, 0.2) is 29.8 Å². The van der Waals surface area contributed by atoms with Gasteiger partial charge in [0.1, 0.15) is 16.7 Å². The van der Waals surface area contributed by atoms with Gasteiger partial charge in [0, 0.05) is 13.6 Å². The van der Waals surface area contributed by atoms with Gasteiger partial charge in [0.15, 0.2) is 0 Å². The Kier molecular flexibility index (Phi) is 4.52.